The summed E-state index contributed by atoms with van der Waals surface area (Å²) >= 11 is 3.46. The number of benzene rings is 1. The Hall–Kier alpha value is -1.40. The number of aryl methyl sites for hydroxylation is 1. The monoisotopic (exact) mass is 323 g/mol. The Bertz CT molecular complexity index is 544. The quantitative estimate of drug-likeness (QED) is 0.934. The van der Waals surface area contributed by atoms with Crippen LogP contribution in [0.3, 0.4) is 0 Å². The van der Waals surface area contributed by atoms with Gasteiger partial charge in [-0.15, -0.1) is 5.10 Å². The van der Waals surface area contributed by atoms with Crippen molar-refractivity contribution in [3.8, 4) is 0 Å². The normalized spacial score (nSPS) is 12.5. The van der Waals surface area contributed by atoms with Crippen molar-refractivity contribution in [1.29, 1.82) is 0 Å². The second kappa shape index (κ2) is 5.71. The third-order valence-corrected chi connectivity index (χ3v) is 3.67. The van der Waals surface area contributed by atoms with E-state index in [1.165, 1.54) is 11.3 Å². The number of halogens is 1. The van der Waals surface area contributed by atoms with E-state index >= 15 is 0 Å². The first-order valence-electron chi connectivity index (χ1n) is 6.04. The fourth-order valence-corrected chi connectivity index (χ4v) is 2.65. The molecule has 0 radical (unpaired) electrons. The highest BCUT2D eigenvalue weighted by molar-refractivity contribution is 9.10. The van der Waals surface area contributed by atoms with Gasteiger partial charge in [-0.25, -0.2) is 4.68 Å². The average Bonchev–Trinajstić information content (AvgIpc) is 2.72. The van der Waals surface area contributed by atoms with Gasteiger partial charge < -0.3 is 10.2 Å². The lowest BCUT2D eigenvalue weighted by Crippen LogP contribution is -2.21. The van der Waals surface area contributed by atoms with Gasteiger partial charge in [0.25, 0.3) is 0 Å². The topological polar surface area (TPSA) is 46.0 Å². The first kappa shape index (κ1) is 14.0. The summed E-state index contributed by atoms with van der Waals surface area (Å²) in [7, 11) is 7.91. The average molecular weight is 324 g/mol. The van der Waals surface area contributed by atoms with Crippen LogP contribution in [0, 0.1) is 0 Å². The lowest BCUT2D eigenvalue weighted by atomic mass is 10.0. The lowest BCUT2D eigenvalue weighted by Gasteiger charge is -2.20. The van der Waals surface area contributed by atoms with Gasteiger partial charge in [-0.05, 0) is 40.7 Å². The van der Waals surface area contributed by atoms with E-state index in [9.17, 15) is 0 Å². The van der Waals surface area contributed by atoms with Crippen LogP contribution >= 0.6 is 15.9 Å². The van der Waals surface area contributed by atoms with E-state index in [0.717, 1.165) is 10.3 Å². The van der Waals surface area contributed by atoms with Crippen LogP contribution in [0.15, 0.2) is 28.9 Å². The molecule has 1 unspecified atom stereocenters. The summed E-state index contributed by atoms with van der Waals surface area (Å²) in [5, 5.41) is 11.4. The molecule has 0 amide bonds. The summed E-state index contributed by atoms with van der Waals surface area (Å²) in [5.41, 5.74) is 3.36. The van der Waals surface area contributed by atoms with Crippen molar-refractivity contribution in [1.82, 2.24) is 20.3 Å². The number of anilines is 1. The lowest BCUT2D eigenvalue weighted by molar-refractivity contribution is 0.597. The van der Waals surface area contributed by atoms with Gasteiger partial charge >= 0.3 is 0 Å². The zero-order chi connectivity index (χ0) is 14.0. The van der Waals surface area contributed by atoms with Crippen LogP contribution in [-0.2, 0) is 7.05 Å². The predicted molar refractivity (Wildman–Crippen MR) is 80.4 cm³/mol. The Labute approximate surface area is 121 Å². The van der Waals surface area contributed by atoms with Crippen LogP contribution < -0.4 is 10.2 Å². The summed E-state index contributed by atoms with van der Waals surface area (Å²) in [6.07, 6.45) is 0. The Morgan fingerprint density at radius 1 is 1.37 bits per heavy atom. The molecular weight excluding hydrogens is 306 g/mol. The summed E-state index contributed by atoms with van der Waals surface area (Å²) < 4.78 is 2.55. The fourth-order valence-electron chi connectivity index (χ4n) is 2.09. The van der Waals surface area contributed by atoms with E-state index in [1.807, 2.05) is 28.2 Å². The van der Waals surface area contributed by atoms with Gasteiger partial charge in [0.1, 0.15) is 0 Å². The first-order chi connectivity index (χ1) is 9.04. The minimum absolute atomic E-state index is 0.0503. The maximum absolute atomic E-state index is 4.05. The van der Waals surface area contributed by atoms with Crippen molar-refractivity contribution in [2.75, 3.05) is 26.0 Å². The minimum Gasteiger partial charge on any atom is -0.378 e. The summed E-state index contributed by atoms with van der Waals surface area (Å²) in [4.78, 5) is 2.09. The maximum atomic E-state index is 4.05. The highest BCUT2D eigenvalue weighted by Crippen LogP contribution is 2.28. The largest absolute Gasteiger partial charge is 0.378 e. The fraction of sp³-hybridized carbons (Fsp3) is 0.385. The van der Waals surface area contributed by atoms with E-state index in [4.69, 9.17) is 0 Å². The molecule has 2 rings (SSSR count). The predicted octanol–water partition coefficient (Wildman–Crippen LogP) is 1.95. The molecule has 102 valence electrons. The SMILES string of the molecule is CNC(c1cccc(N(C)C)c1)c1c(Br)nnn1C. The summed E-state index contributed by atoms with van der Waals surface area (Å²) in [6.45, 7) is 0. The van der Waals surface area contributed by atoms with Gasteiger partial charge in [-0.3, -0.25) is 0 Å². The number of hydrogen-bond acceptors (Lipinski definition) is 4. The van der Waals surface area contributed by atoms with Gasteiger partial charge in [0, 0.05) is 26.8 Å². The maximum Gasteiger partial charge on any atom is 0.153 e. The van der Waals surface area contributed by atoms with Crippen LogP contribution in [0.5, 0.6) is 0 Å². The third-order valence-electron chi connectivity index (χ3n) is 3.11. The van der Waals surface area contributed by atoms with Gasteiger partial charge in [-0.2, -0.15) is 0 Å². The highest BCUT2D eigenvalue weighted by atomic mass is 79.9. The van der Waals surface area contributed by atoms with Crippen molar-refractivity contribution in [3.05, 3.63) is 40.1 Å². The molecule has 1 atom stereocenters. The van der Waals surface area contributed by atoms with Crippen molar-refractivity contribution >= 4 is 21.6 Å². The second-order valence-electron chi connectivity index (χ2n) is 4.60. The van der Waals surface area contributed by atoms with Gasteiger partial charge in [-0.1, -0.05) is 17.3 Å². The Balaban J connectivity index is 2.45. The van der Waals surface area contributed by atoms with Crippen molar-refractivity contribution < 1.29 is 0 Å². The van der Waals surface area contributed by atoms with E-state index in [-0.39, 0.29) is 6.04 Å². The Morgan fingerprint density at radius 2 is 2.11 bits per heavy atom. The minimum atomic E-state index is 0.0503. The molecule has 0 saturated carbocycles. The molecular formula is C13H18BrN5. The number of aromatic nitrogens is 3. The van der Waals surface area contributed by atoms with E-state index in [1.54, 1.807) is 4.68 Å². The van der Waals surface area contributed by atoms with E-state index in [2.05, 4.69) is 60.7 Å². The molecule has 19 heavy (non-hydrogen) atoms. The van der Waals surface area contributed by atoms with Crippen LogP contribution in [0.1, 0.15) is 17.3 Å². The molecule has 0 aliphatic rings. The van der Waals surface area contributed by atoms with Crippen LogP contribution in [0.2, 0.25) is 0 Å². The molecule has 0 spiro atoms. The van der Waals surface area contributed by atoms with Crippen LogP contribution in [0.25, 0.3) is 0 Å². The molecule has 1 aromatic carbocycles. The standard InChI is InChI=1S/C13H18BrN5/c1-15-11(12-13(14)16-17-19(12)4)9-6-5-7-10(8-9)18(2)3/h5-8,11,15H,1-4H3. The molecule has 1 aromatic heterocycles. The van der Waals surface area contributed by atoms with E-state index in [0.29, 0.717) is 0 Å². The highest BCUT2D eigenvalue weighted by Gasteiger charge is 2.20. The van der Waals surface area contributed by atoms with Gasteiger partial charge in [0.05, 0.1) is 11.7 Å². The molecule has 1 heterocycles. The zero-order valence-electron chi connectivity index (χ0n) is 11.6. The molecule has 0 aliphatic heterocycles. The third kappa shape index (κ3) is 2.79. The molecule has 2 aromatic rings. The molecule has 0 saturated heterocycles. The van der Waals surface area contributed by atoms with Gasteiger partial charge in [0.15, 0.2) is 4.60 Å². The molecule has 0 bridgehead atoms. The molecule has 1 N–H and O–H groups in total. The molecule has 5 nitrogen and oxygen atoms in total. The van der Waals surface area contributed by atoms with Crippen molar-refractivity contribution in [3.63, 3.8) is 0 Å². The molecule has 0 fully saturated rings. The number of rotatable bonds is 4. The van der Waals surface area contributed by atoms with Crippen LogP contribution in [-0.4, -0.2) is 36.1 Å². The smallest absolute Gasteiger partial charge is 0.153 e. The second-order valence-corrected chi connectivity index (χ2v) is 5.35. The van der Waals surface area contributed by atoms with Crippen molar-refractivity contribution in [2.24, 2.45) is 7.05 Å². The Morgan fingerprint density at radius 3 is 2.63 bits per heavy atom. The zero-order valence-corrected chi connectivity index (χ0v) is 13.1. The van der Waals surface area contributed by atoms with Crippen molar-refractivity contribution in [2.45, 2.75) is 6.04 Å². The number of nitrogens with one attached hydrogen (secondary N) is 1. The Kier molecular flexibility index (Phi) is 4.21. The first-order valence-corrected chi connectivity index (χ1v) is 6.83. The summed E-state index contributed by atoms with van der Waals surface area (Å²) in [6, 6.07) is 8.47. The van der Waals surface area contributed by atoms with Gasteiger partial charge in [0.2, 0.25) is 0 Å². The summed E-state index contributed by atoms with van der Waals surface area (Å²) in [5.74, 6) is 0. The number of nitrogens with zero attached hydrogens (tertiary/aromatic N) is 4. The molecule has 0 aliphatic carbocycles. The molecule has 6 heteroatoms. The number of hydrogen-bond donors (Lipinski definition) is 1. The van der Waals surface area contributed by atoms with E-state index < -0.39 is 0 Å². The van der Waals surface area contributed by atoms with Crippen LogP contribution in [0.4, 0.5) is 5.69 Å².